The van der Waals surface area contributed by atoms with Gasteiger partial charge >= 0.3 is 12.0 Å². The van der Waals surface area contributed by atoms with E-state index >= 15 is 0 Å². The van der Waals surface area contributed by atoms with E-state index in [1.54, 1.807) is 13.8 Å². The van der Waals surface area contributed by atoms with Gasteiger partial charge < -0.3 is 19.9 Å². The Morgan fingerprint density at radius 3 is 2.79 bits per heavy atom. The number of amides is 2. The number of hydrogen-bond donors (Lipinski definition) is 2. The van der Waals surface area contributed by atoms with E-state index in [4.69, 9.17) is 4.74 Å². The molecule has 1 aliphatic rings. The Morgan fingerprint density at radius 1 is 1.36 bits per heavy atom. The van der Waals surface area contributed by atoms with Crippen LogP contribution in [0.15, 0.2) is 24.5 Å². The second kappa shape index (κ2) is 7.95. The summed E-state index contributed by atoms with van der Waals surface area (Å²) >= 11 is 0. The lowest BCUT2D eigenvalue weighted by Crippen LogP contribution is -2.53. The molecule has 1 aromatic carbocycles. The molecule has 0 bridgehead atoms. The number of benzene rings is 1. The zero-order valence-corrected chi connectivity index (χ0v) is 15.8. The molecule has 0 spiro atoms. The van der Waals surface area contributed by atoms with Gasteiger partial charge in [-0.05, 0) is 24.1 Å². The molecule has 3 rings (SSSR count). The van der Waals surface area contributed by atoms with Crippen LogP contribution in [0.2, 0.25) is 0 Å². The number of urea groups is 1. The fourth-order valence-electron chi connectivity index (χ4n) is 3.38. The quantitative estimate of drug-likeness (QED) is 0.783. The van der Waals surface area contributed by atoms with Crippen LogP contribution in [0.25, 0.3) is 0 Å². The van der Waals surface area contributed by atoms with E-state index in [1.807, 2.05) is 0 Å². The van der Waals surface area contributed by atoms with Gasteiger partial charge in [0.05, 0.1) is 19.1 Å². The Morgan fingerprint density at radius 2 is 2.11 bits per heavy atom. The van der Waals surface area contributed by atoms with Crippen molar-refractivity contribution in [1.82, 2.24) is 20.2 Å². The van der Waals surface area contributed by atoms with Crippen LogP contribution in [0.5, 0.6) is 0 Å². The monoisotopic (exact) mass is 392 g/mol. The molecule has 2 heterocycles. The summed E-state index contributed by atoms with van der Waals surface area (Å²) in [5.74, 6) is -2.05. The zero-order valence-electron chi connectivity index (χ0n) is 15.8. The number of ether oxygens (including phenoxy) is 1. The van der Waals surface area contributed by atoms with Crippen molar-refractivity contribution in [2.75, 3.05) is 13.7 Å². The van der Waals surface area contributed by atoms with Crippen molar-refractivity contribution in [3.63, 3.8) is 0 Å². The largest absolute Gasteiger partial charge is 0.467 e. The number of rotatable bonds is 4. The smallest absolute Gasteiger partial charge is 0.328 e. The van der Waals surface area contributed by atoms with Gasteiger partial charge in [0.15, 0.2) is 0 Å². The van der Waals surface area contributed by atoms with E-state index in [0.717, 1.165) is 23.9 Å². The molecule has 0 saturated heterocycles. The van der Waals surface area contributed by atoms with Crippen molar-refractivity contribution in [3.05, 3.63) is 53.1 Å². The minimum atomic E-state index is -0.920. The van der Waals surface area contributed by atoms with Crippen LogP contribution in [0.4, 0.5) is 13.6 Å². The molecule has 2 atom stereocenters. The van der Waals surface area contributed by atoms with E-state index in [2.05, 4.69) is 15.3 Å². The number of aromatic amines is 1. The molecular formula is C19H22F2N4O3. The van der Waals surface area contributed by atoms with Gasteiger partial charge in [-0.2, -0.15) is 0 Å². The Kier molecular flexibility index (Phi) is 5.62. The summed E-state index contributed by atoms with van der Waals surface area (Å²) in [5, 5.41) is 2.65. The number of esters is 1. The Balaban J connectivity index is 1.98. The third-order valence-electron chi connectivity index (χ3n) is 4.84. The van der Waals surface area contributed by atoms with Crippen LogP contribution in [0.1, 0.15) is 36.8 Å². The number of imidazole rings is 1. The van der Waals surface area contributed by atoms with Crippen molar-refractivity contribution in [3.8, 4) is 0 Å². The molecule has 1 aromatic heterocycles. The molecule has 0 fully saturated rings. The summed E-state index contributed by atoms with van der Waals surface area (Å²) < 4.78 is 33.1. The van der Waals surface area contributed by atoms with E-state index in [0.29, 0.717) is 12.1 Å². The lowest BCUT2D eigenvalue weighted by atomic mass is 9.95. The molecule has 2 unspecified atom stereocenters. The number of carbonyl (C=O) groups is 2. The number of aromatic nitrogens is 2. The van der Waals surface area contributed by atoms with E-state index in [9.17, 15) is 18.4 Å². The number of carbonyl (C=O) groups excluding carboxylic acids is 2. The van der Waals surface area contributed by atoms with E-state index in [1.165, 1.54) is 18.3 Å². The highest BCUT2D eigenvalue weighted by Crippen LogP contribution is 2.35. The summed E-state index contributed by atoms with van der Waals surface area (Å²) in [5.41, 5.74) is 1.21. The van der Waals surface area contributed by atoms with Crippen molar-refractivity contribution >= 4 is 12.0 Å². The first kappa shape index (κ1) is 19.8. The summed E-state index contributed by atoms with van der Waals surface area (Å²) in [6, 6.07) is 0.736. The normalized spacial score (nSPS) is 17.2. The van der Waals surface area contributed by atoms with Crippen LogP contribution in [-0.2, 0) is 16.0 Å². The average Bonchev–Trinajstić information content (AvgIpc) is 3.15. The second-order valence-corrected chi connectivity index (χ2v) is 6.97. The fraction of sp³-hybridized carbons (Fsp3) is 0.421. The van der Waals surface area contributed by atoms with Crippen molar-refractivity contribution in [1.29, 1.82) is 0 Å². The van der Waals surface area contributed by atoms with Gasteiger partial charge in [0, 0.05) is 24.2 Å². The molecule has 0 saturated carbocycles. The van der Waals surface area contributed by atoms with E-state index in [-0.39, 0.29) is 18.0 Å². The van der Waals surface area contributed by atoms with Gasteiger partial charge in [-0.25, -0.2) is 23.4 Å². The lowest BCUT2D eigenvalue weighted by Gasteiger charge is -2.36. The highest BCUT2D eigenvalue weighted by atomic mass is 19.1. The number of H-pyrrole nitrogens is 1. The van der Waals surface area contributed by atoms with Crippen molar-refractivity contribution in [2.24, 2.45) is 5.92 Å². The Labute approximate surface area is 161 Å². The summed E-state index contributed by atoms with van der Waals surface area (Å²) in [6.45, 7) is 3.79. The third-order valence-corrected chi connectivity index (χ3v) is 4.84. The Bertz CT molecular complexity index is 884. The molecule has 9 heteroatoms. The van der Waals surface area contributed by atoms with Gasteiger partial charge in [0.1, 0.15) is 23.7 Å². The standard InChI is InChI=1S/C19H22F2N4O3/c1-10(2)15(18(26)28-3)24-19(27)25-7-6-14-16(23-9-22-14)17(25)12-8-11(20)4-5-13(12)21/h4-5,8-10,15,17H,6-7H2,1-3H3,(H,22,23)(H,24,27). The van der Waals surface area contributed by atoms with Gasteiger partial charge in [-0.1, -0.05) is 13.8 Å². The van der Waals surface area contributed by atoms with Crippen LogP contribution in [0, 0.1) is 17.6 Å². The molecule has 1 aliphatic heterocycles. The predicted octanol–water partition coefficient (Wildman–Crippen LogP) is 2.54. The number of fused-ring (bicyclic) bond motifs is 1. The average molecular weight is 392 g/mol. The molecule has 150 valence electrons. The van der Waals surface area contributed by atoms with Gasteiger partial charge in [0.25, 0.3) is 0 Å². The number of hydrogen-bond acceptors (Lipinski definition) is 4. The summed E-state index contributed by atoms with van der Waals surface area (Å²) in [7, 11) is 1.24. The van der Waals surface area contributed by atoms with Gasteiger partial charge in [0.2, 0.25) is 0 Å². The SMILES string of the molecule is COC(=O)C(NC(=O)N1CCc2[nH]cnc2C1c1cc(F)ccc1F)C(C)C. The number of nitrogens with zero attached hydrogens (tertiary/aromatic N) is 2. The summed E-state index contributed by atoms with van der Waals surface area (Å²) in [6.07, 6.45) is 1.93. The number of methoxy groups -OCH3 is 1. The molecule has 7 nitrogen and oxygen atoms in total. The first-order chi connectivity index (χ1) is 13.3. The molecule has 2 aromatic rings. The lowest BCUT2D eigenvalue weighted by molar-refractivity contribution is -0.144. The first-order valence-electron chi connectivity index (χ1n) is 8.95. The van der Waals surface area contributed by atoms with Crippen LogP contribution >= 0.6 is 0 Å². The maximum atomic E-state index is 14.5. The predicted molar refractivity (Wildman–Crippen MR) is 96.4 cm³/mol. The minimum absolute atomic E-state index is 0.00219. The molecular weight excluding hydrogens is 370 g/mol. The molecule has 0 aliphatic carbocycles. The van der Waals surface area contributed by atoms with Crippen LogP contribution in [0.3, 0.4) is 0 Å². The highest BCUT2D eigenvalue weighted by molar-refractivity contribution is 5.84. The van der Waals surface area contributed by atoms with E-state index < -0.39 is 35.7 Å². The van der Waals surface area contributed by atoms with Crippen molar-refractivity contribution < 1.29 is 23.1 Å². The van der Waals surface area contributed by atoms with Gasteiger partial charge in [-0.3, -0.25) is 0 Å². The third kappa shape index (κ3) is 3.69. The van der Waals surface area contributed by atoms with Crippen LogP contribution in [-0.4, -0.2) is 46.6 Å². The molecule has 28 heavy (non-hydrogen) atoms. The molecule has 2 amide bonds. The maximum absolute atomic E-state index is 14.5. The first-order valence-corrected chi connectivity index (χ1v) is 8.95. The molecule has 0 radical (unpaired) electrons. The molecule has 2 N–H and O–H groups in total. The number of halogens is 2. The minimum Gasteiger partial charge on any atom is -0.467 e. The second-order valence-electron chi connectivity index (χ2n) is 6.97. The summed E-state index contributed by atoms with van der Waals surface area (Å²) in [4.78, 5) is 33.6. The van der Waals surface area contributed by atoms with Gasteiger partial charge in [-0.15, -0.1) is 0 Å². The van der Waals surface area contributed by atoms with Crippen LogP contribution < -0.4 is 5.32 Å². The topological polar surface area (TPSA) is 87.3 Å². The number of nitrogens with one attached hydrogen (secondary N) is 2. The van der Waals surface area contributed by atoms with Crippen molar-refractivity contribution in [2.45, 2.75) is 32.4 Å². The highest BCUT2D eigenvalue weighted by Gasteiger charge is 2.37. The Hall–Kier alpha value is -2.97. The maximum Gasteiger partial charge on any atom is 0.328 e. The fourth-order valence-corrected chi connectivity index (χ4v) is 3.38. The zero-order chi connectivity index (χ0) is 20.4.